The number of carbonyl (C=O) groups is 2. The number of benzene rings is 2. The van der Waals surface area contributed by atoms with Crippen LogP contribution in [0.3, 0.4) is 0 Å². The lowest BCUT2D eigenvalue weighted by atomic mass is 9.98. The van der Waals surface area contributed by atoms with Crippen molar-refractivity contribution in [1.82, 2.24) is 4.90 Å². The summed E-state index contributed by atoms with van der Waals surface area (Å²) in [7, 11) is 1.31. The fraction of sp³-hybridized carbons (Fsp3) is 0.333. The second kappa shape index (κ2) is 7.60. The zero-order valence-corrected chi connectivity index (χ0v) is 15.3. The predicted octanol–water partition coefficient (Wildman–Crippen LogP) is 3.82. The minimum atomic E-state index is -0.680. The lowest BCUT2D eigenvalue weighted by Crippen LogP contribution is -2.44. The summed E-state index contributed by atoms with van der Waals surface area (Å²) >= 11 is 0. The van der Waals surface area contributed by atoms with E-state index in [2.05, 4.69) is 24.3 Å². The van der Waals surface area contributed by atoms with Gasteiger partial charge in [0.25, 0.3) is 0 Å². The van der Waals surface area contributed by atoms with Gasteiger partial charge in [0.15, 0.2) is 0 Å². The van der Waals surface area contributed by atoms with Crippen molar-refractivity contribution in [3.8, 4) is 11.1 Å². The molecule has 2 aromatic carbocycles. The smallest absolute Gasteiger partial charge is 0.410 e. The molecule has 1 aliphatic carbocycles. The molecule has 3 rings (SSSR count). The van der Waals surface area contributed by atoms with E-state index < -0.39 is 18.1 Å². The van der Waals surface area contributed by atoms with E-state index in [1.165, 1.54) is 23.1 Å². The first-order valence-corrected chi connectivity index (χ1v) is 8.77. The first-order valence-electron chi connectivity index (χ1n) is 8.77. The molecule has 0 N–H and O–H groups in total. The van der Waals surface area contributed by atoms with Crippen molar-refractivity contribution >= 4 is 12.1 Å². The third-order valence-electron chi connectivity index (χ3n) is 4.92. The van der Waals surface area contributed by atoms with Crippen LogP contribution in [0, 0.1) is 0 Å². The lowest BCUT2D eigenvalue weighted by Gasteiger charge is -2.26. The Bertz CT molecular complexity index is 772. The number of hydrogen-bond acceptors (Lipinski definition) is 4. The second-order valence-corrected chi connectivity index (χ2v) is 6.29. The molecule has 0 spiro atoms. The highest BCUT2D eigenvalue weighted by molar-refractivity contribution is 5.81. The van der Waals surface area contributed by atoms with Crippen molar-refractivity contribution < 1.29 is 19.1 Å². The Balaban J connectivity index is 1.77. The van der Waals surface area contributed by atoms with E-state index >= 15 is 0 Å². The van der Waals surface area contributed by atoms with Crippen molar-refractivity contribution in [3.05, 3.63) is 59.7 Å². The van der Waals surface area contributed by atoms with Gasteiger partial charge in [-0.3, -0.25) is 4.90 Å². The van der Waals surface area contributed by atoms with Crippen LogP contribution in [0.25, 0.3) is 11.1 Å². The maximum absolute atomic E-state index is 12.5. The molecule has 2 aromatic rings. The van der Waals surface area contributed by atoms with E-state index in [0.717, 1.165) is 11.1 Å². The van der Waals surface area contributed by atoms with Gasteiger partial charge in [0.1, 0.15) is 12.6 Å². The standard InChI is InChI=1S/C21H23NO4/c1-4-22(14(2)20(23)25-3)21(24)26-13-19-17-11-7-5-9-15(17)16-10-6-8-12-18(16)19/h5-12,14,19H,4,13H2,1-3H3/t14-/m0/s1. The molecule has 1 atom stereocenters. The van der Waals surface area contributed by atoms with Crippen LogP contribution in [-0.4, -0.2) is 43.3 Å². The molecule has 5 nitrogen and oxygen atoms in total. The van der Waals surface area contributed by atoms with Gasteiger partial charge in [0.05, 0.1) is 7.11 Å². The van der Waals surface area contributed by atoms with E-state index in [4.69, 9.17) is 9.47 Å². The largest absolute Gasteiger partial charge is 0.467 e. The van der Waals surface area contributed by atoms with Crippen LogP contribution in [0.15, 0.2) is 48.5 Å². The van der Waals surface area contributed by atoms with Gasteiger partial charge < -0.3 is 9.47 Å². The van der Waals surface area contributed by atoms with Crippen LogP contribution >= 0.6 is 0 Å². The highest BCUT2D eigenvalue weighted by Gasteiger charge is 2.31. The van der Waals surface area contributed by atoms with E-state index in [1.807, 2.05) is 24.3 Å². The van der Waals surface area contributed by atoms with Crippen LogP contribution < -0.4 is 0 Å². The van der Waals surface area contributed by atoms with Gasteiger partial charge in [-0.1, -0.05) is 48.5 Å². The number of ether oxygens (including phenoxy) is 2. The Morgan fingerprint density at radius 1 is 1.04 bits per heavy atom. The number of carbonyl (C=O) groups excluding carboxylic acids is 2. The lowest BCUT2D eigenvalue weighted by molar-refractivity contribution is -0.145. The summed E-state index contributed by atoms with van der Waals surface area (Å²) in [5, 5.41) is 0. The minimum absolute atomic E-state index is 0.00140. The highest BCUT2D eigenvalue weighted by Crippen LogP contribution is 2.44. The Morgan fingerprint density at radius 3 is 2.08 bits per heavy atom. The molecule has 0 unspecified atom stereocenters. The molecule has 0 fully saturated rings. The Hall–Kier alpha value is -2.82. The van der Waals surface area contributed by atoms with Gasteiger partial charge in [0.2, 0.25) is 0 Å². The van der Waals surface area contributed by atoms with Crippen molar-refractivity contribution in [2.45, 2.75) is 25.8 Å². The highest BCUT2D eigenvalue weighted by atomic mass is 16.6. The number of likely N-dealkylation sites (N-methyl/N-ethyl adjacent to an activating group) is 1. The average molecular weight is 353 g/mol. The third kappa shape index (κ3) is 3.17. The number of esters is 1. The van der Waals surface area contributed by atoms with Crippen molar-refractivity contribution in [2.24, 2.45) is 0 Å². The van der Waals surface area contributed by atoms with Gasteiger partial charge in [-0.25, -0.2) is 9.59 Å². The van der Waals surface area contributed by atoms with Crippen molar-refractivity contribution in [1.29, 1.82) is 0 Å². The summed E-state index contributed by atoms with van der Waals surface area (Å²) in [6, 6.07) is 15.7. The first-order chi connectivity index (χ1) is 12.6. The van der Waals surface area contributed by atoms with Crippen LogP contribution in [0.4, 0.5) is 4.79 Å². The normalized spacial score (nSPS) is 13.5. The number of amides is 1. The fourth-order valence-corrected chi connectivity index (χ4v) is 3.54. The summed E-state index contributed by atoms with van der Waals surface area (Å²) in [5.41, 5.74) is 4.68. The summed E-state index contributed by atoms with van der Waals surface area (Å²) in [5.74, 6) is -0.459. The molecule has 1 amide bonds. The van der Waals surface area contributed by atoms with Crippen LogP contribution in [0.2, 0.25) is 0 Å². The Morgan fingerprint density at radius 2 is 1.58 bits per heavy atom. The fourth-order valence-electron chi connectivity index (χ4n) is 3.54. The maximum Gasteiger partial charge on any atom is 0.410 e. The minimum Gasteiger partial charge on any atom is -0.467 e. The molecular formula is C21H23NO4. The average Bonchev–Trinajstić information content (AvgIpc) is 3.00. The Kier molecular flexibility index (Phi) is 5.26. The van der Waals surface area contributed by atoms with Gasteiger partial charge in [-0.2, -0.15) is 0 Å². The van der Waals surface area contributed by atoms with Crippen LogP contribution in [0.5, 0.6) is 0 Å². The number of nitrogens with zero attached hydrogens (tertiary/aromatic N) is 1. The number of hydrogen-bond donors (Lipinski definition) is 0. The first kappa shape index (κ1) is 18.0. The maximum atomic E-state index is 12.5. The van der Waals surface area contributed by atoms with Crippen LogP contribution in [-0.2, 0) is 14.3 Å². The number of fused-ring (bicyclic) bond motifs is 3. The zero-order chi connectivity index (χ0) is 18.7. The van der Waals surface area contributed by atoms with Gasteiger partial charge in [-0.05, 0) is 36.1 Å². The molecule has 0 saturated carbocycles. The van der Waals surface area contributed by atoms with E-state index in [9.17, 15) is 9.59 Å². The van der Waals surface area contributed by atoms with Crippen LogP contribution in [0.1, 0.15) is 30.9 Å². The molecule has 0 saturated heterocycles. The van der Waals surface area contributed by atoms with Crippen molar-refractivity contribution in [3.63, 3.8) is 0 Å². The summed E-state index contributed by atoms with van der Waals surface area (Å²) in [4.78, 5) is 25.6. The SMILES string of the molecule is CCN(C(=O)OCC1c2ccccc2-c2ccccc21)[C@@H](C)C(=O)OC. The second-order valence-electron chi connectivity index (χ2n) is 6.29. The van der Waals surface area contributed by atoms with E-state index in [0.29, 0.717) is 6.54 Å². The van der Waals surface area contributed by atoms with Gasteiger partial charge in [-0.15, -0.1) is 0 Å². The van der Waals surface area contributed by atoms with E-state index in [1.54, 1.807) is 13.8 Å². The molecular weight excluding hydrogens is 330 g/mol. The quantitative estimate of drug-likeness (QED) is 0.767. The molecule has 26 heavy (non-hydrogen) atoms. The summed E-state index contributed by atoms with van der Waals surface area (Å²) < 4.78 is 10.3. The number of rotatable bonds is 5. The summed E-state index contributed by atoms with van der Waals surface area (Å²) in [6.07, 6.45) is -0.507. The monoisotopic (exact) mass is 353 g/mol. The predicted molar refractivity (Wildman–Crippen MR) is 98.9 cm³/mol. The van der Waals surface area contributed by atoms with Crippen molar-refractivity contribution in [2.75, 3.05) is 20.3 Å². The number of methoxy groups -OCH3 is 1. The molecule has 0 radical (unpaired) electrons. The molecule has 0 heterocycles. The molecule has 136 valence electrons. The molecule has 0 aliphatic heterocycles. The topological polar surface area (TPSA) is 55.8 Å². The molecule has 0 aromatic heterocycles. The summed E-state index contributed by atoms with van der Waals surface area (Å²) in [6.45, 7) is 4.04. The molecule has 5 heteroatoms. The molecule has 0 bridgehead atoms. The van der Waals surface area contributed by atoms with Gasteiger partial charge >= 0.3 is 12.1 Å². The third-order valence-corrected chi connectivity index (χ3v) is 4.92. The zero-order valence-electron chi connectivity index (χ0n) is 15.3. The molecule has 1 aliphatic rings. The van der Waals surface area contributed by atoms with E-state index in [-0.39, 0.29) is 12.5 Å². The Labute approximate surface area is 153 Å². The van der Waals surface area contributed by atoms with Gasteiger partial charge in [0, 0.05) is 12.5 Å².